The fourth-order valence-electron chi connectivity index (χ4n) is 2.20. The van der Waals surface area contributed by atoms with E-state index in [1.54, 1.807) is 0 Å². The third kappa shape index (κ3) is 4.28. The van der Waals surface area contributed by atoms with Crippen LogP contribution in [0.5, 0.6) is 0 Å². The van der Waals surface area contributed by atoms with Gasteiger partial charge in [-0.2, -0.15) is 4.52 Å². The van der Waals surface area contributed by atoms with Crippen molar-refractivity contribution < 1.29 is 4.79 Å². The van der Waals surface area contributed by atoms with Crippen LogP contribution in [0.25, 0.3) is 4.96 Å². The molecular formula is C17H19N5O2S2. The van der Waals surface area contributed by atoms with Crippen LogP contribution in [0.3, 0.4) is 0 Å². The molecule has 3 rings (SSSR count). The molecule has 0 saturated heterocycles. The summed E-state index contributed by atoms with van der Waals surface area (Å²) in [5, 5.41) is 15.3. The van der Waals surface area contributed by atoms with Gasteiger partial charge in [0.2, 0.25) is 10.9 Å². The van der Waals surface area contributed by atoms with Crippen LogP contribution in [0.4, 0.5) is 0 Å². The van der Waals surface area contributed by atoms with Crippen LogP contribution in [0.2, 0.25) is 0 Å². The Morgan fingerprint density at radius 2 is 1.96 bits per heavy atom. The maximum absolute atomic E-state index is 12.5. The minimum Gasteiger partial charge on any atom is -0.351 e. The van der Waals surface area contributed by atoms with E-state index in [1.807, 2.05) is 51.1 Å². The quantitative estimate of drug-likeness (QED) is 0.673. The van der Waals surface area contributed by atoms with Crippen molar-refractivity contribution in [3.63, 3.8) is 0 Å². The van der Waals surface area contributed by atoms with Crippen LogP contribution in [-0.2, 0) is 16.8 Å². The number of benzene rings is 1. The molecule has 0 bridgehead atoms. The van der Waals surface area contributed by atoms with Crippen molar-refractivity contribution >= 4 is 34.0 Å². The Balaban J connectivity index is 1.65. The second-order valence-corrected chi connectivity index (χ2v) is 8.90. The Morgan fingerprint density at radius 1 is 1.23 bits per heavy atom. The standard InChI is InChI=1S/C17H19N5O2S2/c1-17(2,3)13-14(24)22-15(20-19-13)26-16(21-22)25-10-12(23)18-9-11-7-5-4-6-8-11/h4-8H,9-10H2,1-3H3,(H,18,23). The van der Waals surface area contributed by atoms with E-state index in [-0.39, 0.29) is 17.2 Å². The van der Waals surface area contributed by atoms with Crippen molar-refractivity contribution in [2.75, 3.05) is 5.75 Å². The molecule has 9 heteroatoms. The Bertz CT molecular complexity index is 976. The van der Waals surface area contributed by atoms with Crippen LogP contribution in [0, 0.1) is 0 Å². The Morgan fingerprint density at radius 3 is 2.65 bits per heavy atom. The van der Waals surface area contributed by atoms with Gasteiger partial charge in [-0.05, 0) is 5.56 Å². The highest BCUT2D eigenvalue weighted by molar-refractivity contribution is 8.01. The number of aromatic nitrogens is 4. The lowest BCUT2D eigenvalue weighted by Crippen LogP contribution is -2.30. The van der Waals surface area contributed by atoms with Crippen molar-refractivity contribution in [1.29, 1.82) is 0 Å². The molecule has 1 N–H and O–H groups in total. The molecule has 0 aliphatic carbocycles. The van der Waals surface area contributed by atoms with Crippen molar-refractivity contribution in [2.24, 2.45) is 0 Å². The average molecular weight is 390 g/mol. The van der Waals surface area contributed by atoms with Crippen molar-refractivity contribution in [1.82, 2.24) is 25.1 Å². The average Bonchev–Trinajstić information content (AvgIpc) is 3.02. The van der Waals surface area contributed by atoms with Gasteiger partial charge < -0.3 is 5.32 Å². The molecule has 26 heavy (non-hydrogen) atoms. The highest BCUT2D eigenvalue weighted by Crippen LogP contribution is 2.23. The topological polar surface area (TPSA) is 89.2 Å². The Hall–Kier alpha value is -2.26. The lowest BCUT2D eigenvalue weighted by molar-refractivity contribution is -0.118. The molecule has 0 saturated carbocycles. The summed E-state index contributed by atoms with van der Waals surface area (Å²) in [4.78, 5) is 24.9. The van der Waals surface area contributed by atoms with Gasteiger partial charge in [0.1, 0.15) is 5.69 Å². The van der Waals surface area contributed by atoms with E-state index >= 15 is 0 Å². The van der Waals surface area contributed by atoms with Gasteiger partial charge >= 0.3 is 0 Å². The van der Waals surface area contributed by atoms with Gasteiger partial charge in [-0.25, -0.2) is 0 Å². The van der Waals surface area contributed by atoms with Crippen LogP contribution in [0.15, 0.2) is 39.5 Å². The zero-order valence-corrected chi connectivity index (χ0v) is 16.4. The fraction of sp³-hybridized carbons (Fsp3) is 0.353. The second-order valence-electron chi connectivity index (χ2n) is 6.72. The summed E-state index contributed by atoms with van der Waals surface area (Å²) in [6, 6.07) is 9.71. The van der Waals surface area contributed by atoms with Gasteiger partial charge in [-0.3, -0.25) is 9.59 Å². The molecule has 3 aromatic rings. The largest absolute Gasteiger partial charge is 0.351 e. The molecule has 0 radical (unpaired) electrons. The van der Waals surface area contributed by atoms with E-state index in [4.69, 9.17) is 0 Å². The predicted octanol–water partition coefficient (Wildman–Crippen LogP) is 2.25. The summed E-state index contributed by atoms with van der Waals surface area (Å²) in [7, 11) is 0. The second kappa shape index (κ2) is 7.55. The maximum atomic E-state index is 12.5. The highest BCUT2D eigenvalue weighted by Gasteiger charge is 2.23. The molecule has 0 unspecified atom stereocenters. The number of hydrogen-bond acceptors (Lipinski definition) is 7. The summed E-state index contributed by atoms with van der Waals surface area (Å²) >= 11 is 2.53. The highest BCUT2D eigenvalue weighted by atomic mass is 32.2. The minimum absolute atomic E-state index is 0.0908. The number of thioether (sulfide) groups is 1. The summed E-state index contributed by atoms with van der Waals surface area (Å²) in [6.07, 6.45) is 0. The van der Waals surface area contributed by atoms with Gasteiger partial charge in [0.25, 0.3) is 5.56 Å². The van der Waals surface area contributed by atoms with Crippen molar-refractivity contribution in [3.8, 4) is 0 Å². The summed E-state index contributed by atoms with van der Waals surface area (Å²) in [5.74, 6) is 0.132. The first-order valence-electron chi connectivity index (χ1n) is 8.05. The number of carbonyl (C=O) groups is 1. The molecule has 0 spiro atoms. The fourth-order valence-corrected chi connectivity index (χ4v) is 3.90. The van der Waals surface area contributed by atoms with E-state index < -0.39 is 5.41 Å². The van der Waals surface area contributed by atoms with E-state index in [9.17, 15) is 9.59 Å². The lowest BCUT2D eigenvalue weighted by Gasteiger charge is -2.14. The van der Waals surface area contributed by atoms with Crippen LogP contribution < -0.4 is 10.9 Å². The predicted molar refractivity (Wildman–Crippen MR) is 103 cm³/mol. The summed E-state index contributed by atoms with van der Waals surface area (Å²) in [5.41, 5.74) is 0.749. The van der Waals surface area contributed by atoms with Crippen molar-refractivity contribution in [2.45, 2.75) is 37.1 Å². The maximum Gasteiger partial charge on any atom is 0.297 e. The lowest BCUT2D eigenvalue weighted by atomic mass is 9.93. The molecule has 1 amide bonds. The zero-order valence-electron chi connectivity index (χ0n) is 14.7. The van der Waals surface area contributed by atoms with Gasteiger partial charge in [-0.1, -0.05) is 74.2 Å². The number of nitrogens with zero attached hydrogens (tertiary/aromatic N) is 4. The molecule has 1 aromatic carbocycles. The molecule has 0 fully saturated rings. The minimum atomic E-state index is -0.403. The van der Waals surface area contributed by atoms with Crippen LogP contribution in [-0.4, -0.2) is 31.5 Å². The Kier molecular flexibility index (Phi) is 5.38. The summed E-state index contributed by atoms with van der Waals surface area (Å²) in [6.45, 7) is 6.21. The summed E-state index contributed by atoms with van der Waals surface area (Å²) < 4.78 is 1.87. The van der Waals surface area contributed by atoms with E-state index in [2.05, 4.69) is 20.6 Å². The molecule has 7 nitrogen and oxygen atoms in total. The monoisotopic (exact) mass is 389 g/mol. The number of rotatable bonds is 5. The SMILES string of the molecule is CC(C)(C)c1nnc2sc(SCC(=O)NCc3ccccc3)nn2c1=O. The van der Waals surface area contributed by atoms with E-state index in [0.29, 0.717) is 21.5 Å². The number of carbonyl (C=O) groups excluding carboxylic acids is 1. The van der Waals surface area contributed by atoms with E-state index in [1.165, 1.54) is 27.6 Å². The third-order valence-corrected chi connectivity index (χ3v) is 5.57. The van der Waals surface area contributed by atoms with Crippen LogP contribution in [0.1, 0.15) is 32.0 Å². The molecular weight excluding hydrogens is 370 g/mol. The first-order chi connectivity index (χ1) is 12.3. The third-order valence-electron chi connectivity index (χ3n) is 3.54. The zero-order chi connectivity index (χ0) is 18.7. The molecule has 2 heterocycles. The molecule has 0 aliphatic rings. The van der Waals surface area contributed by atoms with Gasteiger partial charge in [0.05, 0.1) is 5.75 Å². The van der Waals surface area contributed by atoms with E-state index in [0.717, 1.165) is 5.56 Å². The van der Waals surface area contributed by atoms with Gasteiger partial charge in [0.15, 0.2) is 4.34 Å². The van der Waals surface area contributed by atoms with Crippen molar-refractivity contribution in [3.05, 3.63) is 51.9 Å². The number of fused-ring (bicyclic) bond motifs is 1. The number of nitrogens with one attached hydrogen (secondary N) is 1. The number of amides is 1. The number of hydrogen-bond donors (Lipinski definition) is 1. The molecule has 2 aromatic heterocycles. The normalized spacial score (nSPS) is 11.7. The molecule has 0 atom stereocenters. The van der Waals surface area contributed by atoms with Gasteiger partial charge in [-0.15, -0.1) is 15.3 Å². The van der Waals surface area contributed by atoms with Gasteiger partial charge in [0, 0.05) is 12.0 Å². The first kappa shape index (κ1) is 18.5. The first-order valence-corrected chi connectivity index (χ1v) is 9.85. The van der Waals surface area contributed by atoms with Crippen LogP contribution >= 0.6 is 23.1 Å². The molecule has 136 valence electrons. The smallest absolute Gasteiger partial charge is 0.297 e. The molecule has 0 aliphatic heterocycles. The Labute approximate surface area is 158 Å².